The van der Waals surface area contributed by atoms with Crippen LogP contribution in [0.4, 0.5) is 17.1 Å². The molecule has 4 rings (SSSR count). The molecule has 0 fully saturated rings. The number of anilines is 3. The van der Waals surface area contributed by atoms with Crippen molar-refractivity contribution in [1.29, 1.82) is 0 Å². The Balaban J connectivity index is 1.54. The van der Waals surface area contributed by atoms with E-state index >= 15 is 0 Å². The Bertz CT molecular complexity index is 1760. The van der Waals surface area contributed by atoms with Gasteiger partial charge in [-0.3, -0.25) is 13.8 Å². The summed E-state index contributed by atoms with van der Waals surface area (Å²) >= 11 is 12.1. The van der Waals surface area contributed by atoms with E-state index < -0.39 is 32.5 Å². The second-order valence-corrected chi connectivity index (χ2v) is 13.3. The fraction of sp³-hybridized carbons (Fsp3) is 0.107. The molecule has 40 heavy (non-hydrogen) atoms. The number of sulfonamides is 2. The maximum absolute atomic E-state index is 13.5. The second kappa shape index (κ2) is 11.9. The molecule has 8 nitrogen and oxygen atoms in total. The highest BCUT2D eigenvalue weighted by Crippen LogP contribution is 2.31. The molecule has 208 valence electrons. The summed E-state index contributed by atoms with van der Waals surface area (Å²) in [5.74, 6) is -0.614. The molecule has 0 atom stereocenters. The SMILES string of the molecule is Cc1ccc(S(=O)(=O)N(CC(=O)Nc2ccc(S(=O)(=O)Nc3cccc(Cl)c3Cl)cc2)c2cccc(C)c2)cc1. The summed E-state index contributed by atoms with van der Waals surface area (Å²) in [4.78, 5) is 13.0. The van der Waals surface area contributed by atoms with Gasteiger partial charge in [-0.15, -0.1) is 0 Å². The lowest BCUT2D eigenvalue weighted by atomic mass is 10.2. The summed E-state index contributed by atoms with van der Waals surface area (Å²) in [5, 5.41) is 2.90. The molecule has 0 spiro atoms. The molecule has 0 heterocycles. The van der Waals surface area contributed by atoms with E-state index in [1.54, 1.807) is 36.4 Å². The Hall–Kier alpha value is -3.57. The van der Waals surface area contributed by atoms with Gasteiger partial charge in [-0.1, -0.05) is 59.1 Å². The number of benzene rings is 4. The van der Waals surface area contributed by atoms with Crippen LogP contribution in [0.15, 0.2) is 101 Å². The van der Waals surface area contributed by atoms with E-state index in [-0.39, 0.29) is 31.2 Å². The Labute approximate surface area is 243 Å². The number of carbonyl (C=O) groups is 1. The van der Waals surface area contributed by atoms with Gasteiger partial charge in [0.2, 0.25) is 5.91 Å². The Morgan fingerprint density at radius 1 is 0.775 bits per heavy atom. The molecule has 0 saturated heterocycles. The molecule has 4 aromatic rings. The van der Waals surface area contributed by atoms with Crippen LogP contribution < -0.4 is 14.3 Å². The van der Waals surface area contributed by atoms with Crippen molar-refractivity contribution in [1.82, 2.24) is 0 Å². The van der Waals surface area contributed by atoms with Crippen LogP contribution in [0.2, 0.25) is 10.0 Å². The first-order valence-electron chi connectivity index (χ1n) is 11.9. The molecule has 0 aliphatic carbocycles. The quantitative estimate of drug-likeness (QED) is 0.231. The molecule has 4 aromatic carbocycles. The van der Waals surface area contributed by atoms with Crippen LogP contribution in [-0.2, 0) is 24.8 Å². The lowest BCUT2D eigenvalue weighted by molar-refractivity contribution is -0.114. The van der Waals surface area contributed by atoms with Gasteiger partial charge in [-0.2, -0.15) is 0 Å². The highest BCUT2D eigenvalue weighted by atomic mass is 35.5. The minimum Gasteiger partial charge on any atom is -0.325 e. The molecule has 0 bridgehead atoms. The largest absolute Gasteiger partial charge is 0.325 e. The van der Waals surface area contributed by atoms with Crippen LogP contribution >= 0.6 is 23.2 Å². The van der Waals surface area contributed by atoms with E-state index in [2.05, 4.69) is 10.0 Å². The number of amides is 1. The Kier molecular flexibility index (Phi) is 8.74. The number of nitrogens with one attached hydrogen (secondary N) is 2. The van der Waals surface area contributed by atoms with E-state index in [9.17, 15) is 21.6 Å². The van der Waals surface area contributed by atoms with Crippen molar-refractivity contribution in [2.24, 2.45) is 0 Å². The van der Waals surface area contributed by atoms with Crippen LogP contribution in [0.5, 0.6) is 0 Å². The molecular formula is C28H25Cl2N3O5S2. The molecule has 12 heteroatoms. The van der Waals surface area contributed by atoms with Crippen molar-refractivity contribution in [2.45, 2.75) is 23.6 Å². The van der Waals surface area contributed by atoms with Gasteiger partial charge in [0.15, 0.2) is 0 Å². The zero-order valence-electron chi connectivity index (χ0n) is 21.4. The number of hydrogen-bond acceptors (Lipinski definition) is 5. The average Bonchev–Trinajstić information content (AvgIpc) is 2.90. The van der Waals surface area contributed by atoms with Crippen LogP contribution in [0.25, 0.3) is 0 Å². The summed E-state index contributed by atoms with van der Waals surface area (Å²) in [6, 6.07) is 23.2. The third-order valence-corrected chi connectivity index (χ3v) is 9.82. The fourth-order valence-electron chi connectivity index (χ4n) is 3.77. The van der Waals surface area contributed by atoms with Gasteiger partial charge < -0.3 is 5.32 Å². The normalized spacial score (nSPS) is 11.6. The Morgan fingerprint density at radius 2 is 1.40 bits per heavy atom. The van der Waals surface area contributed by atoms with Gasteiger partial charge in [-0.25, -0.2) is 16.8 Å². The topological polar surface area (TPSA) is 113 Å². The first-order valence-corrected chi connectivity index (χ1v) is 15.6. The number of carbonyl (C=O) groups excluding carboxylic acids is 1. The molecule has 0 saturated carbocycles. The fourth-order valence-corrected chi connectivity index (χ4v) is 6.66. The third kappa shape index (κ3) is 6.76. The van der Waals surface area contributed by atoms with E-state index in [0.717, 1.165) is 15.4 Å². The van der Waals surface area contributed by atoms with Gasteiger partial charge in [0.1, 0.15) is 6.54 Å². The number of hydrogen-bond donors (Lipinski definition) is 2. The first-order chi connectivity index (χ1) is 18.9. The van der Waals surface area contributed by atoms with Crippen LogP contribution in [-0.4, -0.2) is 29.3 Å². The molecular weight excluding hydrogens is 593 g/mol. The number of halogens is 2. The van der Waals surface area contributed by atoms with Crippen molar-refractivity contribution < 1.29 is 21.6 Å². The predicted octanol–water partition coefficient (Wildman–Crippen LogP) is 6.25. The molecule has 2 N–H and O–H groups in total. The van der Waals surface area contributed by atoms with Crippen molar-refractivity contribution in [3.63, 3.8) is 0 Å². The average molecular weight is 619 g/mol. The summed E-state index contributed by atoms with van der Waals surface area (Å²) in [6.45, 7) is 3.17. The minimum absolute atomic E-state index is 0.0503. The van der Waals surface area contributed by atoms with Crippen molar-refractivity contribution in [2.75, 3.05) is 20.9 Å². The van der Waals surface area contributed by atoms with Gasteiger partial charge >= 0.3 is 0 Å². The minimum atomic E-state index is -4.07. The predicted molar refractivity (Wildman–Crippen MR) is 159 cm³/mol. The zero-order valence-corrected chi connectivity index (χ0v) is 24.6. The highest BCUT2D eigenvalue weighted by Gasteiger charge is 2.27. The van der Waals surface area contributed by atoms with Crippen LogP contribution in [0, 0.1) is 13.8 Å². The van der Waals surface area contributed by atoms with E-state index in [1.165, 1.54) is 48.5 Å². The summed E-state index contributed by atoms with van der Waals surface area (Å²) < 4.78 is 56.2. The lowest BCUT2D eigenvalue weighted by Gasteiger charge is -2.24. The van der Waals surface area contributed by atoms with Crippen molar-refractivity contribution in [3.8, 4) is 0 Å². The van der Waals surface area contributed by atoms with Gasteiger partial charge in [0.05, 0.1) is 31.2 Å². The van der Waals surface area contributed by atoms with Crippen molar-refractivity contribution in [3.05, 3.63) is 112 Å². The number of nitrogens with zero attached hydrogens (tertiary/aromatic N) is 1. The molecule has 0 aliphatic heterocycles. The standard InChI is InChI=1S/C28H25Cl2N3O5S2/c1-19-9-13-24(14-10-19)40(37,38)33(22-6-3-5-20(2)17-22)18-27(34)31-21-11-15-23(16-12-21)39(35,36)32-26-8-4-7-25(29)28(26)30/h3-17,32H,18H2,1-2H3,(H,31,34). The number of rotatable bonds is 9. The van der Waals surface area contributed by atoms with Crippen molar-refractivity contribution >= 4 is 66.2 Å². The Morgan fingerprint density at radius 3 is 2.05 bits per heavy atom. The smallest absolute Gasteiger partial charge is 0.264 e. The second-order valence-electron chi connectivity index (χ2n) is 8.94. The highest BCUT2D eigenvalue weighted by molar-refractivity contribution is 7.93. The molecule has 0 radical (unpaired) electrons. The van der Waals surface area contributed by atoms with E-state index in [4.69, 9.17) is 23.2 Å². The van der Waals surface area contributed by atoms with Gasteiger partial charge in [-0.05, 0) is 80.1 Å². The third-order valence-electron chi connectivity index (χ3n) is 5.83. The van der Waals surface area contributed by atoms with E-state index in [0.29, 0.717) is 5.69 Å². The molecule has 0 aliphatic rings. The van der Waals surface area contributed by atoms with Crippen LogP contribution in [0.1, 0.15) is 11.1 Å². The monoisotopic (exact) mass is 617 g/mol. The first kappa shape index (κ1) is 29.4. The summed E-state index contributed by atoms with van der Waals surface area (Å²) in [5.41, 5.74) is 2.46. The van der Waals surface area contributed by atoms with Gasteiger partial charge in [0.25, 0.3) is 20.0 Å². The molecule has 0 aromatic heterocycles. The summed E-state index contributed by atoms with van der Waals surface area (Å²) in [7, 11) is -8.08. The number of aryl methyl sites for hydroxylation is 2. The maximum atomic E-state index is 13.5. The van der Waals surface area contributed by atoms with Crippen LogP contribution in [0.3, 0.4) is 0 Å². The lowest BCUT2D eigenvalue weighted by Crippen LogP contribution is -2.38. The zero-order chi connectivity index (χ0) is 29.1. The van der Waals surface area contributed by atoms with Gasteiger partial charge in [0, 0.05) is 5.69 Å². The summed E-state index contributed by atoms with van der Waals surface area (Å²) in [6.07, 6.45) is 0. The van der Waals surface area contributed by atoms with E-state index in [1.807, 2.05) is 19.9 Å². The molecule has 0 unspecified atom stereocenters. The maximum Gasteiger partial charge on any atom is 0.264 e. The molecule has 1 amide bonds.